The Balaban J connectivity index is 1.61. The number of piperazine rings is 1. The number of carbonyl (C=O) groups is 1. The van der Waals surface area contributed by atoms with E-state index < -0.39 is 0 Å². The second-order valence-electron chi connectivity index (χ2n) is 6.04. The van der Waals surface area contributed by atoms with Gasteiger partial charge in [0.1, 0.15) is 0 Å². The van der Waals surface area contributed by atoms with Crippen molar-refractivity contribution < 1.29 is 14.1 Å². The fourth-order valence-electron chi connectivity index (χ4n) is 2.97. The third-order valence-electron chi connectivity index (χ3n) is 4.33. The highest BCUT2D eigenvalue weighted by Gasteiger charge is 2.25. The third-order valence-corrected chi connectivity index (χ3v) is 4.33. The molecule has 0 aliphatic carbocycles. The minimum atomic E-state index is -0.311. The normalized spacial score (nSPS) is 18.6. The Bertz CT molecular complexity index is 698. The first-order chi connectivity index (χ1) is 11.6. The summed E-state index contributed by atoms with van der Waals surface area (Å²) in [4.78, 5) is 20.4. The highest BCUT2D eigenvalue weighted by molar-refractivity contribution is 5.89. The SMILES string of the molecule is COC(=O)c1ccc(N2CCN(Cc3nc(C)no3)[C@@H](C)C2)cc1. The number of ether oxygens (including phenoxy) is 1. The molecule has 3 rings (SSSR count). The predicted octanol–water partition coefficient (Wildman–Crippen LogP) is 1.88. The molecule has 0 N–H and O–H groups in total. The van der Waals surface area contributed by atoms with Crippen molar-refractivity contribution in [2.45, 2.75) is 26.4 Å². The summed E-state index contributed by atoms with van der Waals surface area (Å²) in [5, 5.41) is 3.84. The molecule has 1 fully saturated rings. The Hall–Kier alpha value is -2.41. The Morgan fingerprint density at radius 1 is 1.33 bits per heavy atom. The van der Waals surface area contributed by atoms with E-state index in [1.807, 2.05) is 19.1 Å². The molecule has 2 aromatic rings. The van der Waals surface area contributed by atoms with Crippen molar-refractivity contribution in [2.24, 2.45) is 0 Å². The van der Waals surface area contributed by atoms with Crippen LogP contribution >= 0.6 is 0 Å². The molecular weight excluding hydrogens is 308 g/mol. The van der Waals surface area contributed by atoms with Crippen LogP contribution < -0.4 is 4.90 Å². The van der Waals surface area contributed by atoms with Crippen LogP contribution in [0.5, 0.6) is 0 Å². The van der Waals surface area contributed by atoms with Crippen molar-refractivity contribution in [3.63, 3.8) is 0 Å². The maximum absolute atomic E-state index is 11.5. The lowest BCUT2D eigenvalue weighted by molar-refractivity contribution is 0.0600. The van der Waals surface area contributed by atoms with Gasteiger partial charge in [-0.05, 0) is 38.1 Å². The van der Waals surface area contributed by atoms with Crippen molar-refractivity contribution in [1.82, 2.24) is 15.0 Å². The Labute approximate surface area is 141 Å². The number of hydrogen-bond donors (Lipinski definition) is 0. The molecule has 0 unspecified atom stereocenters. The number of nitrogens with zero attached hydrogens (tertiary/aromatic N) is 4. The predicted molar refractivity (Wildman–Crippen MR) is 88.9 cm³/mol. The number of hydrogen-bond acceptors (Lipinski definition) is 7. The summed E-state index contributed by atoms with van der Waals surface area (Å²) in [5.74, 6) is 1.02. The molecule has 1 atom stereocenters. The van der Waals surface area contributed by atoms with E-state index >= 15 is 0 Å². The standard InChI is InChI=1S/C17H22N4O3/c1-12-10-21(15-6-4-14(5-7-15)17(22)23-3)9-8-20(12)11-16-18-13(2)19-24-16/h4-7,12H,8-11H2,1-3H3/t12-/m0/s1. The van der Waals surface area contributed by atoms with Gasteiger partial charge < -0.3 is 14.2 Å². The first-order valence-corrected chi connectivity index (χ1v) is 8.03. The van der Waals surface area contributed by atoms with Gasteiger partial charge >= 0.3 is 5.97 Å². The quantitative estimate of drug-likeness (QED) is 0.793. The highest BCUT2D eigenvalue weighted by Crippen LogP contribution is 2.21. The van der Waals surface area contributed by atoms with E-state index in [1.54, 1.807) is 12.1 Å². The summed E-state index contributed by atoms with van der Waals surface area (Å²) < 4.78 is 9.94. The zero-order valence-electron chi connectivity index (χ0n) is 14.2. The number of carbonyl (C=O) groups excluding carboxylic acids is 1. The van der Waals surface area contributed by atoms with Crippen LogP contribution in [0.2, 0.25) is 0 Å². The Kier molecular flexibility index (Phi) is 4.80. The summed E-state index contributed by atoms with van der Waals surface area (Å²) in [6, 6.07) is 7.91. The number of esters is 1. The van der Waals surface area contributed by atoms with Crippen molar-refractivity contribution in [2.75, 3.05) is 31.6 Å². The topological polar surface area (TPSA) is 71.7 Å². The van der Waals surface area contributed by atoms with E-state index in [2.05, 4.69) is 26.9 Å². The smallest absolute Gasteiger partial charge is 0.337 e. The van der Waals surface area contributed by atoms with Crippen LogP contribution in [0.4, 0.5) is 5.69 Å². The molecular formula is C17H22N4O3. The van der Waals surface area contributed by atoms with Gasteiger partial charge in [-0.15, -0.1) is 0 Å². The zero-order chi connectivity index (χ0) is 17.1. The van der Waals surface area contributed by atoms with E-state index in [9.17, 15) is 4.79 Å². The van der Waals surface area contributed by atoms with Crippen molar-refractivity contribution in [3.8, 4) is 0 Å². The Morgan fingerprint density at radius 2 is 2.08 bits per heavy atom. The largest absolute Gasteiger partial charge is 0.465 e. The summed E-state index contributed by atoms with van der Waals surface area (Å²) in [6.07, 6.45) is 0. The van der Waals surface area contributed by atoms with Gasteiger partial charge in [0.05, 0.1) is 19.2 Å². The van der Waals surface area contributed by atoms with Gasteiger partial charge in [0.25, 0.3) is 0 Å². The van der Waals surface area contributed by atoms with Gasteiger partial charge in [-0.1, -0.05) is 5.16 Å². The number of rotatable bonds is 4. The molecule has 2 heterocycles. The maximum Gasteiger partial charge on any atom is 0.337 e. The molecule has 7 nitrogen and oxygen atoms in total. The Morgan fingerprint density at radius 3 is 2.67 bits per heavy atom. The molecule has 0 saturated carbocycles. The molecule has 0 spiro atoms. The third kappa shape index (κ3) is 3.56. The molecule has 24 heavy (non-hydrogen) atoms. The van der Waals surface area contributed by atoms with Gasteiger partial charge in [-0.3, -0.25) is 4.90 Å². The second kappa shape index (κ2) is 7.00. The highest BCUT2D eigenvalue weighted by atomic mass is 16.5. The zero-order valence-corrected chi connectivity index (χ0v) is 14.2. The number of aromatic nitrogens is 2. The van der Waals surface area contributed by atoms with E-state index in [0.29, 0.717) is 29.9 Å². The summed E-state index contributed by atoms with van der Waals surface area (Å²) in [7, 11) is 1.39. The maximum atomic E-state index is 11.5. The van der Waals surface area contributed by atoms with E-state index in [0.717, 1.165) is 25.3 Å². The van der Waals surface area contributed by atoms with Crippen molar-refractivity contribution in [1.29, 1.82) is 0 Å². The van der Waals surface area contributed by atoms with Crippen LogP contribution in [0.3, 0.4) is 0 Å². The lowest BCUT2D eigenvalue weighted by Gasteiger charge is -2.40. The second-order valence-corrected chi connectivity index (χ2v) is 6.04. The molecule has 1 aliphatic rings. The van der Waals surface area contributed by atoms with Crippen LogP contribution in [0.1, 0.15) is 29.0 Å². The first kappa shape index (κ1) is 16.4. The molecule has 7 heteroatoms. The summed E-state index contributed by atoms with van der Waals surface area (Å²) in [5.41, 5.74) is 1.68. The summed E-state index contributed by atoms with van der Waals surface area (Å²) >= 11 is 0. The molecule has 128 valence electrons. The molecule has 0 radical (unpaired) electrons. The number of aryl methyl sites for hydroxylation is 1. The minimum absolute atomic E-state index is 0.311. The molecule has 0 bridgehead atoms. The van der Waals surface area contributed by atoms with Gasteiger partial charge in [0.15, 0.2) is 5.82 Å². The molecule has 1 aromatic heterocycles. The average molecular weight is 330 g/mol. The molecule has 1 saturated heterocycles. The van der Waals surface area contributed by atoms with Crippen LogP contribution in [-0.2, 0) is 11.3 Å². The lowest BCUT2D eigenvalue weighted by atomic mass is 10.1. The number of methoxy groups -OCH3 is 1. The lowest BCUT2D eigenvalue weighted by Crippen LogP contribution is -2.51. The monoisotopic (exact) mass is 330 g/mol. The molecule has 0 amide bonds. The van der Waals surface area contributed by atoms with Crippen molar-refractivity contribution in [3.05, 3.63) is 41.5 Å². The van der Waals surface area contributed by atoms with Crippen molar-refractivity contribution >= 4 is 11.7 Å². The van der Waals surface area contributed by atoms with Gasteiger partial charge in [-0.25, -0.2) is 4.79 Å². The van der Waals surface area contributed by atoms with Gasteiger partial charge in [-0.2, -0.15) is 4.98 Å². The molecule has 1 aliphatic heterocycles. The van der Waals surface area contributed by atoms with Crippen LogP contribution in [-0.4, -0.2) is 53.8 Å². The van der Waals surface area contributed by atoms with Crippen LogP contribution in [0.25, 0.3) is 0 Å². The van der Waals surface area contributed by atoms with Crippen LogP contribution in [0, 0.1) is 6.92 Å². The van der Waals surface area contributed by atoms with E-state index in [-0.39, 0.29) is 5.97 Å². The van der Waals surface area contributed by atoms with Crippen LogP contribution in [0.15, 0.2) is 28.8 Å². The fourth-order valence-corrected chi connectivity index (χ4v) is 2.97. The molecule has 1 aromatic carbocycles. The van der Waals surface area contributed by atoms with Gasteiger partial charge in [0, 0.05) is 31.4 Å². The number of anilines is 1. The minimum Gasteiger partial charge on any atom is -0.465 e. The van der Waals surface area contributed by atoms with E-state index in [1.165, 1.54) is 7.11 Å². The van der Waals surface area contributed by atoms with Gasteiger partial charge in [0.2, 0.25) is 5.89 Å². The first-order valence-electron chi connectivity index (χ1n) is 8.03. The van der Waals surface area contributed by atoms with E-state index in [4.69, 9.17) is 9.26 Å². The average Bonchev–Trinajstić information content (AvgIpc) is 3.01. The fraction of sp³-hybridized carbons (Fsp3) is 0.471. The number of benzene rings is 1. The summed E-state index contributed by atoms with van der Waals surface area (Å²) in [6.45, 7) is 7.43.